The zero-order valence-electron chi connectivity index (χ0n) is 20.5. The number of rotatable bonds is 8. The van der Waals surface area contributed by atoms with Gasteiger partial charge in [-0.05, 0) is 0 Å². The highest BCUT2D eigenvalue weighted by Gasteiger charge is 2.78. The Bertz CT molecular complexity index is 956. The van der Waals surface area contributed by atoms with E-state index in [4.69, 9.17) is 28.4 Å². The zero-order valence-corrected chi connectivity index (χ0v) is 20.5. The Balaban J connectivity index is 2.39. The molecule has 39 heavy (non-hydrogen) atoms. The number of alkyl halides is 6. The van der Waals surface area contributed by atoms with E-state index in [1.807, 2.05) is 0 Å². The van der Waals surface area contributed by atoms with Crippen molar-refractivity contribution in [1.29, 1.82) is 0 Å². The fraction of sp³-hybridized carbons (Fsp3) is 0.750. The van der Waals surface area contributed by atoms with E-state index in [0.29, 0.717) is 0 Å². The highest BCUT2D eigenvalue weighted by Crippen LogP contribution is 2.46. The van der Waals surface area contributed by atoms with E-state index in [9.17, 15) is 50.3 Å². The summed E-state index contributed by atoms with van der Waals surface area (Å²) >= 11 is 0. The first kappa shape index (κ1) is 32.0. The summed E-state index contributed by atoms with van der Waals surface area (Å²) in [5, 5.41) is 1.02. The number of halogens is 6. The fourth-order valence-electron chi connectivity index (χ4n) is 3.62. The summed E-state index contributed by atoms with van der Waals surface area (Å²) in [5.74, 6) is -5.86. The Morgan fingerprint density at radius 1 is 0.795 bits per heavy atom. The number of ether oxygens (including phenoxy) is 7. The maximum Gasteiger partial charge on any atom is 0.452 e. The summed E-state index contributed by atoms with van der Waals surface area (Å²) in [7, 11) is 0. The second-order valence-corrected chi connectivity index (χ2v) is 8.20. The van der Waals surface area contributed by atoms with Crippen molar-refractivity contribution in [1.82, 2.24) is 5.32 Å². The van der Waals surface area contributed by atoms with Crippen molar-refractivity contribution in [3.8, 4) is 0 Å². The van der Waals surface area contributed by atoms with Gasteiger partial charge in [-0.2, -0.15) is 26.3 Å². The van der Waals surface area contributed by atoms with Gasteiger partial charge in [-0.1, -0.05) is 0 Å². The van der Waals surface area contributed by atoms with Crippen LogP contribution in [0.5, 0.6) is 0 Å². The summed E-state index contributed by atoms with van der Waals surface area (Å²) in [6, 6.07) is -2.36. The average Bonchev–Trinajstić information content (AvgIpc) is 3.11. The van der Waals surface area contributed by atoms with Crippen LogP contribution in [0, 0.1) is 0 Å². The fourth-order valence-corrected chi connectivity index (χ4v) is 3.62. The molecule has 2 rings (SSSR count). The Hall–Kier alpha value is -3.19. The predicted molar refractivity (Wildman–Crippen MR) is 106 cm³/mol. The third kappa shape index (κ3) is 7.47. The normalized spacial score (nSPS) is 28.7. The van der Waals surface area contributed by atoms with Gasteiger partial charge >= 0.3 is 47.9 Å². The van der Waals surface area contributed by atoms with Gasteiger partial charge in [-0.15, -0.1) is 0 Å². The van der Waals surface area contributed by atoms with Crippen LogP contribution in [-0.2, 0) is 57.1 Å². The summed E-state index contributed by atoms with van der Waals surface area (Å²) < 4.78 is 114. The van der Waals surface area contributed by atoms with Gasteiger partial charge in [0.2, 0.25) is 0 Å². The van der Waals surface area contributed by atoms with Crippen LogP contribution in [0.25, 0.3) is 0 Å². The first-order chi connectivity index (χ1) is 17.8. The van der Waals surface area contributed by atoms with Gasteiger partial charge in [-0.25, -0.2) is 5.32 Å². The lowest BCUT2D eigenvalue weighted by Gasteiger charge is -2.44. The Morgan fingerprint density at radius 3 is 1.72 bits per heavy atom. The third-order valence-corrected chi connectivity index (χ3v) is 5.09. The number of hydrogen-bond donors (Lipinski definition) is 1. The molecule has 6 atom stereocenters. The monoisotopic (exact) mass is 583 g/mol. The van der Waals surface area contributed by atoms with E-state index < -0.39 is 97.9 Å². The molecule has 0 bridgehead atoms. The predicted octanol–water partition coefficient (Wildman–Crippen LogP) is 0.422. The third-order valence-electron chi connectivity index (χ3n) is 5.09. The quantitative estimate of drug-likeness (QED) is 0.238. The number of carbonyl (C=O) groups is 5. The van der Waals surface area contributed by atoms with Crippen molar-refractivity contribution in [3.05, 3.63) is 0 Å². The molecule has 0 spiro atoms. The molecule has 0 radical (unpaired) electrons. The molecule has 0 aromatic carbocycles. The molecule has 2 aliphatic heterocycles. The van der Waals surface area contributed by atoms with Crippen molar-refractivity contribution >= 4 is 29.8 Å². The van der Waals surface area contributed by atoms with Gasteiger partial charge < -0.3 is 33.2 Å². The largest absolute Gasteiger partial charge is 0.463 e. The lowest BCUT2D eigenvalue weighted by molar-refractivity contribution is -0.370. The second kappa shape index (κ2) is 11.9. The molecule has 0 aromatic heterocycles. The van der Waals surface area contributed by atoms with Crippen molar-refractivity contribution in [2.45, 2.75) is 82.5 Å². The SMILES string of the molecule is CC(=O)OC[C@H]1O[C@@H](OC[C@@H]2NC(C(F)(F)F)(C(F)(F)F)OC2=O)[C@H](OC(C)=O)[C@@H](OC(C)=O)[C@@H]1OC(C)=O. The number of cyclic esters (lactones) is 1. The Kier molecular flexibility index (Phi) is 9.78. The molecular weight excluding hydrogens is 560 g/mol. The van der Waals surface area contributed by atoms with Crippen LogP contribution in [0.2, 0.25) is 0 Å². The van der Waals surface area contributed by atoms with E-state index in [-0.39, 0.29) is 0 Å². The highest BCUT2D eigenvalue weighted by molar-refractivity contribution is 5.79. The lowest BCUT2D eigenvalue weighted by atomic mass is 9.98. The molecule has 2 aliphatic rings. The molecule has 2 saturated heterocycles. The molecule has 0 unspecified atom stereocenters. The molecule has 13 nitrogen and oxygen atoms in total. The van der Waals surface area contributed by atoms with E-state index >= 15 is 0 Å². The van der Waals surface area contributed by atoms with Crippen LogP contribution in [0.15, 0.2) is 0 Å². The maximum absolute atomic E-state index is 13.3. The van der Waals surface area contributed by atoms with Crippen molar-refractivity contribution in [3.63, 3.8) is 0 Å². The number of hydrogen-bond acceptors (Lipinski definition) is 13. The van der Waals surface area contributed by atoms with Crippen molar-refractivity contribution in [2.75, 3.05) is 13.2 Å². The molecule has 222 valence electrons. The second-order valence-electron chi connectivity index (χ2n) is 8.20. The standard InChI is InChI=1S/C20H23F6NO12/c1-7(28)33-6-12-13(35-8(2)29)14(36-9(3)30)15(37-10(4)31)17(38-12)34-5-11-16(32)39-18(27-11,19(21,22)23)20(24,25)26/h11-15,17,27H,5-6H2,1-4H3/t11-,12+,13+,14-,15+,17+/m0/s1. The van der Waals surface area contributed by atoms with Crippen molar-refractivity contribution < 1.29 is 83.5 Å². The van der Waals surface area contributed by atoms with Crippen LogP contribution in [0.3, 0.4) is 0 Å². The molecule has 1 N–H and O–H groups in total. The van der Waals surface area contributed by atoms with Crippen LogP contribution >= 0.6 is 0 Å². The first-order valence-corrected chi connectivity index (χ1v) is 10.8. The van der Waals surface area contributed by atoms with Gasteiger partial charge in [0.15, 0.2) is 24.6 Å². The van der Waals surface area contributed by atoms with Gasteiger partial charge in [0.25, 0.3) is 0 Å². The van der Waals surface area contributed by atoms with E-state index in [1.165, 1.54) is 0 Å². The topological polar surface area (TPSA) is 162 Å². The van der Waals surface area contributed by atoms with Crippen LogP contribution in [0.1, 0.15) is 27.7 Å². The Labute approximate surface area is 215 Å². The molecule has 19 heteroatoms. The number of esters is 5. The average molecular weight is 583 g/mol. The van der Waals surface area contributed by atoms with E-state index in [1.54, 1.807) is 0 Å². The van der Waals surface area contributed by atoms with Crippen LogP contribution in [0.4, 0.5) is 26.3 Å². The molecule has 0 amide bonds. The van der Waals surface area contributed by atoms with Gasteiger partial charge in [0.05, 0.1) is 6.61 Å². The van der Waals surface area contributed by atoms with Crippen LogP contribution < -0.4 is 5.32 Å². The number of carbonyl (C=O) groups excluding carboxylic acids is 5. The van der Waals surface area contributed by atoms with E-state index in [0.717, 1.165) is 33.0 Å². The summed E-state index contributed by atoms with van der Waals surface area (Å²) in [4.78, 5) is 58.5. The molecule has 0 aromatic rings. The molecular formula is C20H23F6NO12. The molecule has 2 fully saturated rings. The van der Waals surface area contributed by atoms with Gasteiger partial charge in [-0.3, -0.25) is 24.0 Å². The van der Waals surface area contributed by atoms with Crippen molar-refractivity contribution in [2.24, 2.45) is 0 Å². The highest BCUT2D eigenvalue weighted by atomic mass is 19.4. The minimum atomic E-state index is -6.12. The summed E-state index contributed by atoms with van der Waals surface area (Å²) in [6.07, 6.45) is -20.9. The Morgan fingerprint density at radius 2 is 1.28 bits per heavy atom. The first-order valence-electron chi connectivity index (χ1n) is 10.8. The zero-order chi connectivity index (χ0) is 29.9. The molecule has 0 aliphatic carbocycles. The van der Waals surface area contributed by atoms with Gasteiger partial charge in [0, 0.05) is 27.7 Å². The minimum Gasteiger partial charge on any atom is -0.463 e. The van der Waals surface area contributed by atoms with Gasteiger partial charge in [0.1, 0.15) is 18.8 Å². The summed E-state index contributed by atoms with van der Waals surface area (Å²) in [5.41, 5.74) is -5.04. The molecule has 0 saturated carbocycles. The molecule has 2 heterocycles. The number of nitrogens with one attached hydrogen (secondary N) is 1. The van der Waals surface area contributed by atoms with E-state index in [2.05, 4.69) is 4.74 Å². The lowest BCUT2D eigenvalue weighted by Crippen LogP contribution is -2.66. The minimum absolute atomic E-state index is 0.688. The summed E-state index contributed by atoms with van der Waals surface area (Å²) in [6.45, 7) is 1.77. The maximum atomic E-state index is 13.3. The van der Waals surface area contributed by atoms with Crippen LogP contribution in [-0.4, -0.2) is 97.9 Å². The smallest absolute Gasteiger partial charge is 0.452 e.